The fourth-order valence-electron chi connectivity index (χ4n) is 6.80. The van der Waals surface area contributed by atoms with E-state index in [-0.39, 0.29) is 31.7 Å². The summed E-state index contributed by atoms with van der Waals surface area (Å²) in [5.74, 6) is -16.7. The molecule has 0 aliphatic heterocycles. The topological polar surface area (TPSA) is 468 Å². The molecule has 27 nitrogen and oxygen atoms in total. The summed E-state index contributed by atoms with van der Waals surface area (Å²) in [6.07, 6.45) is -10.7. The standard InChI is InChI=1S/C45H74N10O13.2C2HF3O2/c1-7-25(5)36(55-44(66)37(26(6)8-2)54-38(60)28(47)23-56)43(65)52-32(22-34(48)57)42(64)51-31(21-27-14-10-9-11-15-27)41(63)50-30(17-18-35(58)59)40(62)49-29(16-12-13-19-46)39(61)53-33(45(67)68)20-24(3)4;2*3-2(4,5)1(6)7/h9-11,14-15,24-26,28-33,36-37,56H,7-8,12-13,16-23,46-47H2,1-6H3,(H2,48,57)(H,49,62)(H,50,63)(H,51,64)(H,52,65)(H,53,61)(H,54,60)(H,55,66)(H,58,59)(H,67,68);2*(H,6,7). The van der Waals surface area contributed by atoms with E-state index in [2.05, 4.69) is 37.2 Å². The number of aliphatic hydroxyl groups is 1. The van der Waals surface area contributed by atoms with E-state index in [1.807, 2.05) is 0 Å². The van der Waals surface area contributed by atoms with Crippen molar-refractivity contribution in [1.29, 1.82) is 0 Å². The van der Waals surface area contributed by atoms with Gasteiger partial charge in [-0.25, -0.2) is 14.4 Å². The summed E-state index contributed by atoms with van der Waals surface area (Å²) >= 11 is 0. The Morgan fingerprint density at radius 3 is 1.33 bits per heavy atom. The van der Waals surface area contributed by atoms with Crippen molar-refractivity contribution in [2.45, 2.75) is 166 Å². The van der Waals surface area contributed by atoms with Crippen molar-refractivity contribution in [3.63, 3.8) is 0 Å². The van der Waals surface area contributed by atoms with Crippen molar-refractivity contribution in [2.24, 2.45) is 35.0 Å². The fraction of sp³-hybridized carbons (Fsp3) is 0.633. The average molecular weight is 1190 g/mol. The number of carboxylic acids is 4. The monoisotopic (exact) mass is 1190 g/mol. The molecule has 0 bridgehead atoms. The van der Waals surface area contributed by atoms with E-state index in [1.165, 1.54) is 0 Å². The molecule has 1 aromatic rings. The Bertz CT molecular complexity index is 2260. The molecule has 0 aliphatic carbocycles. The Labute approximate surface area is 467 Å². The van der Waals surface area contributed by atoms with Gasteiger partial charge in [-0.05, 0) is 62.0 Å². The molecule has 1 rings (SSSR count). The van der Waals surface area contributed by atoms with E-state index in [0.29, 0.717) is 31.2 Å². The van der Waals surface area contributed by atoms with E-state index >= 15 is 0 Å². The van der Waals surface area contributed by atoms with Crippen molar-refractivity contribution < 1.29 is 109 Å². The third-order valence-electron chi connectivity index (χ3n) is 11.7. The van der Waals surface area contributed by atoms with Gasteiger partial charge in [0.25, 0.3) is 0 Å². The average Bonchev–Trinajstić information content (AvgIpc) is 3.38. The molecule has 82 heavy (non-hydrogen) atoms. The lowest BCUT2D eigenvalue weighted by Crippen LogP contribution is -2.62. The Kier molecular flexibility index (Phi) is 35.5. The molecule has 8 amide bonds. The maximum atomic E-state index is 14.2. The number of aliphatic carboxylic acids is 4. The summed E-state index contributed by atoms with van der Waals surface area (Å²) in [7, 11) is 0. The summed E-state index contributed by atoms with van der Waals surface area (Å²) in [4.78, 5) is 150. The number of carbonyl (C=O) groups excluding carboxylic acids is 8. The Morgan fingerprint density at radius 2 is 0.939 bits per heavy atom. The smallest absolute Gasteiger partial charge is 0.481 e. The third-order valence-corrected chi connectivity index (χ3v) is 11.7. The third kappa shape index (κ3) is 31.4. The van der Waals surface area contributed by atoms with E-state index in [1.54, 1.807) is 71.9 Å². The van der Waals surface area contributed by atoms with Gasteiger partial charge in [-0.15, -0.1) is 0 Å². The SMILES string of the molecule is CCC(C)C(NC(=O)C(N)CO)C(=O)NC(C(=O)NC(CC(N)=O)C(=O)NC(Cc1ccccc1)C(=O)NC(CCC(=O)O)C(=O)NC(CCCCN)C(=O)NC(CC(C)C)C(=O)O)C(C)CC.O=C(O)C(F)(F)F.O=C(O)C(F)(F)F. The summed E-state index contributed by atoms with van der Waals surface area (Å²) in [6, 6.07) is -3.11. The van der Waals surface area contributed by atoms with Gasteiger partial charge in [-0.2, -0.15) is 26.3 Å². The molecule has 0 spiro atoms. The first kappa shape index (κ1) is 76.4. The molecule has 10 unspecified atom stereocenters. The molecular weight excluding hydrogens is 1110 g/mol. The maximum Gasteiger partial charge on any atom is 0.490 e. The lowest BCUT2D eigenvalue weighted by atomic mass is 9.94. The Hall–Kier alpha value is -7.68. The number of aliphatic hydroxyl groups excluding tert-OH is 1. The molecular formula is C49H76F6N10O17. The predicted molar refractivity (Wildman–Crippen MR) is 276 cm³/mol. The quantitative estimate of drug-likeness (QED) is 0.0306. The molecule has 0 heterocycles. The minimum atomic E-state index is -5.08. The van der Waals surface area contributed by atoms with Gasteiger partial charge in [-0.1, -0.05) is 84.7 Å². The van der Waals surface area contributed by atoms with Gasteiger partial charge in [0.15, 0.2) is 0 Å². The number of rotatable bonds is 33. The van der Waals surface area contributed by atoms with Gasteiger partial charge < -0.3 is 80.0 Å². The number of hydrogen-bond acceptors (Lipinski definition) is 15. The van der Waals surface area contributed by atoms with Crippen LogP contribution in [0.1, 0.15) is 105 Å². The molecule has 0 aromatic heterocycles. The second-order valence-electron chi connectivity index (χ2n) is 19.0. The van der Waals surface area contributed by atoms with Crippen LogP contribution >= 0.6 is 0 Å². The number of nitrogens with two attached hydrogens (primary N) is 3. The second kappa shape index (κ2) is 38.1. The van der Waals surface area contributed by atoms with E-state index in [9.17, 15) is 89.6 Å². The van der Waals surface area contributed by atoms with Crippen LogP contribution in [-0.2, 0) is 64.0 Å². The van der Waals surface area contributed by atoms with Crippen molar-refractivity contribution in [3.05, 3.63) is 35.9 Å². The summed E-state index contributed by atoms with van der Waals surface area (Å²) in [5, 5.41) is 60.4. The van der Waals surface area contributed by atoms with Gasteiger partial charge >= 0.3 is 36.2 Å². The Balaban J connectivity index is 0. The van der Waals surface area contributed by atoms with Gasteiger partial charge in [0, 0.05) is 12.8 Å². The first-order chi connectivity index (χ1) is 37.9. The minimum Gasteiger partial charge on any atom is -0.481 e. The lowest BCUT2D eigenvalue weighted by molar-refractivity contribution is -0.193. The van der Waals surface area contributed by atoms with Crippen molar-refractivity contribution in [3.8, 4) is 0 Å². The lowest BCUT2D eigenvalue weighted by Gasteiger charge is -2.30. The first-order valence-corrected chi connectivity index (χ1v) is 25.4. The van der Waals surface area contributed by atoms with E-state index < -0.39 is 170 Å². The van der Waals surface area contributed by atoms with E-state index in [4.69, 9.17) is 37.0 Å². The second-order valence-corrected chi connectivity index (χ2v) is 19.0. The zero-order chi connectivity index (χ0) is 63.8. The number of nitrogens with one attached hydrogen (secondary N) is 7. The highest BCUT2D eigenvalue weighted by molar-refractivity contribution is 5.99. The van der Waals surface area contributed by atoms with Crippen molar-refractivity contribution >= 4 is 71.1 Å². The predicted octanol–water partition coefficient (Wildman–Crippen LogP) is -0.699. The molecule has 1 aromatic carbocycles. The van der Waals surface area contributed by atoms with Gasteiger partial charge in [0.1, 0.15) is 48.3 Å². The zero-order valence-electron chi connectivity index (χ0n) is 45.9. The molecule has 466 valence electrons. The number of unbranched alkanes of at least 4 members (excludes halogenated alkanes) is 1. The summed E-state index contributed by atoms with van der Waals surface area (Å²) in [6.45, 7) is 9.90. The van der Waals surface area contributed by atoms with E-state index in [0.717, 1.165) is 0 Å². The largest absolute Gasteiger partial charge is 0.490 e. The number of carboxylic acid groups (broad SMARTS) is 4. The number of benzene rings is 1. The Morgan fingerprint density at radius 1 is 0.549 bits per heavy atom. The summed E-state index contributed by atoms with van der Waals surface area (Å²) < 4.78 is 63.5. The highest BCUT2D eigenvalue weighted by atomic mass is 19.4. The van der Waals surface area contributed by atoms with Crippen molar-refractivity contribution in [1.82, 2.24) is 37.2 Å². The highest BCUT2D eigenvalue weighted by Crippen LogP contribution is 2.16. The van der Waals surface area contributed by atoms with Crippen LogP contribution in [0.5, 0.6) is 0 Å². The molecule has 0 aliphatic rings. The van der Waals surface area contributed by atoms with Crippen molar-refractivity contribution in [2.75, 3.05) is 13.2 Å². The molecule has 33 heteroatoms. The number of carbonyl (C=O) groups is 12. The van der Waals surface area contributed by atoms with Crippen LogP contribution in [0.25, 0.3) is 0 Å². The van der Waals surface area contributed by atoms with Crippen LogP contribution in [0.4, 0.5) is 26.3 Å². The van der Waals surface area contributed by atoms with Crippen LogP contribution in [0.2, 0.25) is 0 Å². The maximum absolute atomic E-state index is 14.2. The molecule has 0 radical (unpaired) electrons. The number of halogens is 6. The highest BCUT2D eigenvalue weighted by Gasteiger charge is 2.40. The van der Waals surface area contributed by atoms with Crippen LogP contribution in [0.3, 0.4) is 0 Å². The number of primary amides is 1. The van der Waals surface area contributed by atoms with Crippen LogP contribution in [0, 0.1) is 17.8 Å². The zero-order valence-corrected chi connectivity index (χ0v) is 45.9. The number of hydrogen-bond donors (Lipinski definition) is 15. The normalized spacial score (nSPS) is 14.8. The van der Waals surface area contributed by atoms with Crippen LogP contribution < -0.4 is 54.4 Å². The fourth-order valence-corrected chi connectivity index (χ4v) is 6.80. The number of alkyl halides is 6. The molecule has 0 saturated carbocycles. The van der Waals surface area contributed by atoms with Crippen LogP contribution in [-0.4, -0.2) is 171 Å². The van der Waals surface area contributed by atoms with Gasteiger partial charge in [0.05, 0.1) is 13.0 Å². The number of amides is 8. The minimum absolute atomic E-state index is 0.0119. The molecule has 0 fully saturated rings. The summed E-state index contributed by atoms with van der Waals surface area (Å²) in [5.41, 5.74) is 17.3. The van der Waals surface area contributed by atoms with Gasteiger partial charge in [0.2, 0.25) is 47.3 Å². The van der Waals surface area contributed by atoms with Gasteiger partial charge in [-0.3, -0.25) is 43.2 Å². The molecule has 18 N–H and O–H groups in total. The first-order valence-electron chi connectivity index (χ1n) is 25.4. The molecule has 10 atom stereocenters. The van der Waals surface area contributed by atoms with Crippen LogP contribution in [0.15, 0.2) is 30.3 Å². The molecule has 0 saturated heterocycles.